The number of nitrogens with zero attached hydrogens (tertiary/aromatic N) is 5. The SMILES string of the molecule is NC(=O)c1cccnc1N1CCN(Cc2cc(-c3ccncc3)no2)CC1. The van der Waals surface area contributed by atoms with Crippen LogP contribution in [0, 0.1) is 0 Å². The molecule has 0 aromatic carbocycles. The van der Waals surface area contributed by atoms with E-state index in [4.69, 9.17) is 10.3 Å². The second-order valence-electron chi connectivity index (χ2n) is 6.42. The molecule has 1 aliphatic rings. The Hall–Kier alpha value is -3.26. The molecule has 138 valence electrons. The van der Waals surface area contributed by atoms with Crippen LogP contribution in [0.3, 0.4) is 0 Å². The molecule has 0 saturated carbocycles. The summed E-state index contributed by atoms with van der Waals surface area (Å²) >= 11 is 0. The Bertz CT molecular complexity index is 919. The molecule has 0 spiro atoms. The van der Waals surface area contributed by atoms with Crippen LogP contribution >= 0.6 is 0 Å². The van der Waals surface area contributed by atoms with E-state index in [2.05, 4.69) is 24.9 Å². The fourth-order valence-electron chi connectivity index (χ4n) is 3.23. The lowest BCUT2D eigenvalue weighted by atomic mass is 10.2. The first kappa shape index (κ1) is 17.2. The molecule has 3 aromatic rings. The first-order valence-corrected chi connectivity index (χ1v) is 8.79. The maximum absolute atomic E-state index is 11.6. The molecule has 0 unspecified atom stereocenters. The molecule has 3 aromatic heterocycles. The van der Waals surface area contributed by atoms with E-state index < -0.39 is 5.91 Å². The fourth-order valence-corrected chi connectivity index (χ4v) is 3.23. The minimum Gasteiger partial charge on any atom is -0.365 e. The van der Waals surface area contributed by atoms with Crippen molar-refractivity contribution in [2.75, 3.05) is 31.1 Å². The van der Waals surface area contributed by atoms with Gasteiger partial charge in [0.15, 0.2) is 5.76 Å². The van der Waals surface area contributed by atoms with Crippen molar-refractivity contribution in [3.05, 3.63) is 60.2 Å². The number of nitrogens with two attached hydrogens (primary N) is 1. The number of hydrogen-bond donors (Lipinski definition) is 1. The minimum atomic E-state index is -0.453. The minimum absolute atomic E-state index is 0.453. The highest BCUT2D eigenvalue weighted by Crippen LogP contribution is 2.21. The van der Waals surface area contributed by atoms with E-state index in [1.165, 1.54) is 0 Å². The molecular formula is C19H20N6O2. The third-order valence-electron chi connectivity index (χ3n) is 4.64. The van der Waals surface area contributed by atoms with Crippen molar-refractivity contribution in [3.8, 4) is 11.3 Å². The molecule has 1 saturated heterocycles. The molecule has 1 fully saturated rings. The van der Waals surface area contributed by atoms with Crippen LogP contribution in [0.15, 0.2) is 53.4 Å². The molecule has 2 N–H and O–H groups in total. The smallest absolute Gasteiger partial charge is 0.252 e. The lowest BCUT2D eigenvalue weighted by molar-refractivity contribution is 0.1000. The van der Waals surface area contributed by atoms with Gasteiger partial charge in [-0.15, -0.1) is 0 Å². The highest BCUT2D eigenvalue weighted by atomic mass is 16.5. The number of amides is 1. The summed E-state index contributed by atoms with van der Waals surface area (Å²) < 4.78 is 5.48. The van der Waals surface area contributed by atoms with E-state index in [1.807, 2.05) is 18.2 Å². The predicted molar refractivity (Wildman–Crippen MR) is 100.0 cm³/mol. The van der Waals surface area contributed by atoms with Gasteiger partial charge >= 0.3 is 0 Å². The van der Waals surface area contributed by atoms with Crippen LogP contribution in [-0.2, 0) is 6.54 Å². The van der Waals surface area contributed by atoms with Gasteiger partial charge in [-0.25, -0.2) is 4.98 Å². The number of carbonyl (C=O) groups is 1. The van der Waals surface area contributed by atoms with Crippen LogP contribution in [0.1, 0.15) is 16.1 Å². The van der Waals surface area contributed by atoms with E-state index in [-0.39, 0.29) is 0 Å². The lowest BCUT2D eigenvalue weighted by Gasteiger charge is -2.35. The highest BCUT2D eigenvalue weighted by molar-refractivity contribution is 5.97. The van der Waals surface area contributed by atoms with E-state index in [1.54, 1.807) is 30.7 Å². The Morgan fingerprint density at radius 3 is 2.63 bits per heavy atom. The Morgan fingerprint density at radius 1 is 1.11 bits per heavy atom. The van der Waals surface area contributed by atoms with Crippen LogP contribution in [-0.4, -0.2) is 52.1 Å². The van der Waals surface area contributed by atoms with Crippen molar-refractivity contribution in [1.82, 2.24) is 20.0 Å². The molecule has 8 heteroatoms. The molecule has 1 aliphatic heterocycles. The third-order valence-corrected chi connectivity index (χ3v) is 4.64. The summed E-state index contributed by atoms with van der Waals surface area (Å²) in [5.74, 6) is 1.03. The van der Waals surface area contributed by atoms with Crippen LogP contribution in [0.25, 0.3) is 11.3 Å². The zero-order chi connectivity index (χ0) is 18.6. The monoisotopic (exact) mass is 364 g/mol. The van der Waals surface area contributed by atoms with Crippen LogP contribution < -0.4 is 10.6 Å². The van der Waals surface area contributed by atoms with E-state index in [0.29, 0.717) is 17.9 Å². The number of anilines is 1. The van der Waals surface area contributed by atoms with Crippen LogP contribution in [0.4, 0.5) is 5.82 Å². The van der Waals surface area contributed by atoms with Crippen LogP contribution in [0.2, 0.25) is 0 Å². The van der Waals surface area contributed by atoms with Crippen molar-refractivity contribution in [2.24, 2.45) is 5.73 Å². The summed E-state index contributed by atoms with van der Waals surface area (Å²) in [7, 11) is 0. The normalized spacial score (nSPS) is 15.0. The summed E-state index contributed by atoms with van der Waals surface area (Å²) in [4.78, 5) is 24.4. The first-order chi connectivity index (χ1) is 13.2. The van der Waals surface area contributed by atoms with Gasteiger partial charge in [-0.3, -0.25) is 14.7 Å². The van der Waals surface area contributed by atoms with Crippen molar-refractivity contribution in [2.45, 2.75) is 6.54 Å². The van der Waals surface area contributed by atoms with Gasteiger partial charge in [0.2, 0.25) is 0 Å². The summed E-state index contributed by atoms with van der Waals surface area (Å²) in [5.41, 5.74) is 7.72. The number of primary amides is 1. The fraction of sp³-hybridized carbons (Fsp3) is 0.263. The number of rotatable bonds is 5. The number of aromatic nitrogens is 3. The molecular weight excluding hydrogens is 344 g/mol. The molecule has 8 nitrogen and oxygen atoms in total. The van der Waals surface area contributed by atoms with Crippen molar-refractivity contribution >= 4 is 11.7 Å². The number of pyridine rings is 2. The molecule has 4 heterocycles. The molecule has 0 aliphatic carbocycles. The van der Waals surface area contributed by atoms with Crippen molar-refractivity contribution in [1.29, 1.82) is 0 Å². The van der Waals surface area contributed by atoms with Gasteiger partial charge in [0, 0.05) is 56.4 Å². The lowest BCUT2D eigenvalue weighted by Crippen LogP contribution is -2.46. The standard InChI is InChI=1S/C19H20N6O2/c20-18(26)16-2-1-5-22-19(16)25-10-8-24(9-11-25)13-15-12-17(23-27-15)14-3-6-21-7-4-14/h1-7,12H,8-11,13H2,(H2,20,26). The Morgan fingerprint density at radius 2 is 1.89 bits per heavy atom. The van der Waals surface area contributed by atoms with Gasteiger partial charge in [0.05, 0.1) is 12.1 Å². The van der Waals surface area contributed by atoms with Gasteiger partial charge in [0.25, 0.3) is 5.91 Å². The zero-order valence-electron chi connectivity index (χ0n) is 14.8. The average molecular weight is 364 g/mol. The van der Waals surface area contributed by atoms with Crippen LogP contribution in [0.5, 0.6) is 0 Å². The van der Waals surface area contributed by atoms with Crippen molar-refractivity contribution < 1.29 is 9.32 Å². The van der Waals surface area contributed by atoms with Gasteiger partial charge in [-0.1, -0.05) is 5.16 Å². The number of piperazine rings is 1. The van der Waals surface area contributed by atoms with E-state index in [0.717, 1.165) is 43.2 Å². The quantitative estimate of drug-likeness (QED) is 0.733. The molecule has 27 heavy (non-hydrogen) atoms. The second kappa shape index (κ2) is 7.55. The molecule has 4 rings (SSSR count). The maximum Gasteiger partial charge on any atom is 0.252 e. The van der Waals surface area contributed by atoms with Gasteiger partial charge in [0.1, 0.15) is 11.5 Å². The molecule has 0 radical (unpaired) electrons. The Labute approximate surface area is 156 Å². The summed E-state index contributed by atoms with van der Waals surface area (Å²) in [5, 5.41) is 4.14. The Kier molecular flexibility index (Phi) is 4.80. The topological polar surface area (TPSA) is 101 Å². The number of hydrogen-bond acceptors (Lipinski definition) is 7. The molecule has 0 atom stereocenters. The van der Waals surface area contributed by atoms with Gasteiger partial charge < -0.3 is 15.2 Å². The van der Waals surface area contributed by atoms with E-state index >= 15 is 0 Å². The summed E-state index contributed by atoms with van der Waals surface area (Å²) in [6.45, 7) is 3.89. The molecule has 1 amide bonds. The third kappa shape index (κ3) is 3.80. The average Bonchev–Trinajstić information content (AvgIpc) is 3.18. The highest BCUT2D eigenvalue weighted by Gasteiger charge is 2.22. The zero-order valence-corrected chi connectivity index (χ0v) is 14.8. The van der Waals surface area contributed by atoms with Gasteiger partial charge in [-0.2, -0.15) is 0 Å². The van der Waals surface area contributed by atoms with Gasteiger partial charge in [-0.05, 0) is 24.3 Å². The Balaban J connectivity index is 1.38. The van der Waals surface area contributed by atoms with Crippen molar-refractivity contribution in [3.63, 3.8) is 0 Å². The second-order valence-corrected chi connectivity index (χ2v) is 6.42. The largest absolute Gasteiger partial charge is 0.365 e. The summed E-state index contributed by atoms with van der Waals surface area (Å²) in [6, 6.07) is 9.22. The van der Waals surface area contributed by atoms with E-state index in [9.17, 15) is 4.79 Å². The summed E-state index contributed by atoms with van der Waals surface area (Å²) in [6.07, 6.45) is 5.16. The maximum atomic E-state index is 11.6. The predicted octanol–water partition coefficient (Wildman–Crippen LogP) is 1.55. The number of carbonyl (C=O) groups excluding carboxylic acids is 1. The first-order valence-electron chi connectivity index (χ1n) is 8.79. The molecule has 0 bridgehead atoms.